The molecule has 0 aliphatic carbocycles. The number of amides is 1. The van der Waals surface area contributed by atoms with Crippen molar-refractivity contribution in [3.8, 4) is 0 Å². The van der Waals surface area contributed by atoms with E-state index >= 15 is 0 Å². The number of carboxylic acids is 1. The lowest BCUT2D eigenvalue weighted by Gasteiger charge is -2.44. The van der Waals surface area contributed by atoms with Gasteiger partial charge < -0.3 is 10.0 Å². The number of carbonyl (C=O) groups excluding carboxylic acids is 1. The van der Waals surface area contributed by atoms with Gasteiger partial charge >= 0.3 is 5.97 Å². The van der Waals surface area contributed by atoms with E-state index in [1.54, 1.807) is 19.1 Å². The number of nitrogens with zero attached hydrogens (tertiary/aromatic N) is 4. The Hall–Kier alpha value is -2.74. The number of carboxylic acid groups (broad SMARTS) is 1. The highest BCUT2D eigenvalue weighted by Gasteiger charge is 2.29. The number of hydrogen-bond donors (Lipinski definition) is 1. The van der Waals surface area contributed by atoms with Crippen molar-refractivity contribution in [2.75, 3.05) is 39.3 Å². The summed E-state index contributed by atoms with van der Waals surface area (Å²) < 4.78 is 0. The largest absolute Gasteiger partial charge is 0.478 e. The van der Waals surface area contributed by atoms with Crippen LogP contribution in [0.4, 0.5) is 0 Å². The third-order valence-electron chi connectivity index (χ3n) is 7.36. The molecule has 0 radical (unpaired) electrons. The number of benzene rings is 2. The molecule has 2 atom stereocenters. The molecule has 0 bridgehead atoms. The van der Waals surface area contributed by atoms with Crippen molar-refractivity contribution in [2.45, 2.75) is 52.5 Å². The topological polar surface area (TPSA) is 67.3 Å². The minimum absolute atomic E-state index is 0.172. The summed E-state index contributed by atoms with van der Waals surface area (Å²) in [6.45, 7) is 14.4. The summed E-state index contributed by atoms with van der Waals surface area (Å²) in [4.78, 5) is 32.1. The molecule has 0 unspecified atom stereocenters. The van der Waals surface area contributed by atoms with Crippen LogP contribution in [0.1, 0.15) is 47.8 Å². The predicted octanol–water partition coefficient (Wildman–Crippen LogP) is 3.14. The molecule has 7 heteroatoms. The standard InChI is InChI=1S/C28H38N4O3/c1-21-16-30(18-24-7-9-27(10-8-24)28(34)35)17-22(2)32(21)20-26-6-4-5-25(15-26)19-29-11-13-31(14-12-29)23(3)33/h4-10,15,21-22H,11-14,16-20H2,1-3H3,(H,34,35)/t21-,22+. The van der Waals surface area contributed by atoms with Gasteiger partial charge in [0, 0.05) is 77.9 Å². The maximum atomic E-state index is 11.6. The smallest absolute Gasteiger partial charge is 0.335 e. The van der Waals surface area contributed by atoms with Crippen LogP contribution in [0.3, 0.4) is 0 Å². The summed E-state index contributed by atoms with van der Waals surface area (Å²) in [5.41, 5.74) is 4.17. The number of carbonyl (C=O) groups is 2. The molecule has 2 fully saturated rings. The van der Waals surface area contributed by atoms with Gasteiger partial charge in [-0.05, 0) is 42.7 Å². The summed E-state index contributed by atoms with van der Waals surface area (Å²) >= 11 is 0. The maximum Gasteiger partial charge on any atom is 0.335 e. The zero-order valence-corrected chi connectivity index (χ0v) is 21.2. The molecule has 1 N–H and O–H groups in total. The van der Waals surface area contributed by atoms with E-state index in [1.807, 2.05) is 17.0 Å². The highest BCUT2D eigenvalue weighted by atomic mass is 16.4. The fourth-order valence-electron chi connectivity index (χ4n) is 5.43. The van der Waals surface area contributed by atoms with Crippen molar-refractivity contribution in [1.29, 1.82) is 0 Å². The van der Waals surface area contributed by atoms with Gasteiger partial charge in [-0.1, -0.05) is 36.4 Å². The molecule has 2 aliphatic heterocycles. The van der Waals surface area contributed by atoms with Gasteiger partial charge in [0.05, 0.1) is 5.56 Å². The van der Waals surface area contributed by atoms with Gasteiger partial charge in [-0.25, -0.2) is 4.79 Å². The van der Waals surface area contributed by atoms with Gasteiger partial charge in [0.2, 0.25) is 5.91 Å². The van der Waals surface area contributed by atoms with Crippen molar-refractivity contribution >= 4 is 11.9 Å². The molecule has 35 heavy (non-hydrogen) atoms. The average molecular weight is 479 g/mol. The SMILES string of the molecule is CC(=O)N1CCN(Cc2cccc(CN3[C@H](C)CN(Cc4ccc(C(=O)O)cc4)C[C@@H]3C)c2)CC1. The van der Waals surface area contributed by atoms with E-state index in [0.717, 1.165) is 64.5 Å². The van der Waals surface area contributed by atoms with Crippen LogP contribution in [-0.4, -0.2) is 87.9 Å². The van der Waals surface area contributed by atoms with Crippen LogP contribution in [0, 0.1) is 0 Å². The minimum Gasteiger partial charge on any atom is -0.478 e. The number of aromatic carboxylic acids is 1. The Morgan fingerprint density at radius 3 is 1.94 bits per heavy atom. The van der Waals surface area contributed by atoms with Gasteiger partial charge in [-0.15, -0.1) is 0 Å². The van der Waals surface area contributed by atoms with E-state index in [1.165, 1.54) is 11.1 Å². The van der Waals surface area contributed by atoms with Gasteiger partial charge in [0.15, 0.2) is 0 Å². The number of piperazine rings is 2. The van der Waals surface area contributed by atoms with Gasteiger partial charge in [0.1, 0.15) is 0 Å². The lowest BCUT2D eigenvalue weighted by atomic mass is 10.0. The van der Waals surface area contributed by atoms with Crippen molar-refractivity contribution in [1.82, 2.24) is 19.6 Å². The molecule has 2 heterocycles. The summed E-state index contributed by atoms with van der Waals surface area (Å²) in [5.74, 6) is -0.710. The van der Waals surface area contributed by atoms with Crippen molar-refractivity contribution in [3.05, 3.63) is 70.8 Å². The van der Waals surface area contributed by atoms with Gasteiger partial charge in [-0.2, -0.15) is 0 Å². The normalized spacial score (nSPS) is 22.3. The van der Waals surface area contributed by atoms with Crippen molar-refractivity contribution in [3.63, 3.8) is 0 Å². The zero-order chi connectivity index (χ0) is 24.9. The van der Waals surface area contributed by atoms with E-state index in [0.29, 0.717) is 17.6 Å². The highest BCUT2D eigenvalue weighted by Crippen LogP contribution is 2.22. The second kappa shape index (κ2) is 11.3. The molecule has 4 rings (SSSR count). The third-order valence-corrected chi connectivity index (χ3v) is 7.36. The van der Waals surface area contributed by atoms with Crippen LogP contribution in [0.15, 0.2) is 48.5 Å². The lowest BCUT2D eigenvalue weighted by molar-refractivity contribution is -0.130. The molecule has 0 spiro atoms. The Morgan fingerprint density at radius 2 is 1.37 bits per heavy atom. The first kappa shape index (κ1) is 25.4. The minimum atomic E-state index is -0.882. The summed E-state index contributed by atoms with van der Waals surface area (Å²) in [6.07, 6.45) is 0. The van der Waals surface area contributed by atoms with Crippen LogP contribution in [0.25, 0.3) is 0 Å². The highest BCUT2D eigenvalue weighted by molar-refractivity contribution is 5.87. The molecular formula is C28H38N4O3. The van der Waals surface area contributed by atoms with Crippen LogP contribution in [0.5, 0.6) is 0 Å². The first-order valence-corrected chi connectivity index (χ1v) is 12.6. The molecule has 2 aromatic rings. The van der Waals surface area contributed by atoms with Crippen LogP contribution >= 0.6 is 0 Å². The van der Waals surface area contributed by atoms with Gasteiger partial charge in [0.25, 0.3) is 0 Å². The van der Waals surface area contributed by atoms with E-state index in [2.05, 4.69) is 52.8 Å². The molecule has 0 aromatic heterocycles. The Balaban J connectivity index is 1.31. The van der Waals surface area contributed by atoms with Crippen molar-refractivity contribution < 1.29 is 14.7 Å². The molecule has 2 aromatic carbocycles. The number of hydrogen-bond acceptors (Lipinski definition) is 5. The van der Waals surface area contributed by atoms with Crippen LogP contribution in [0.2, 0.25) is 0 Å². The van der Waals surface area contributed by atoms with E-state index < -0.39 is 5.97 Å². The lowest BCUT2D eigenvalue weighted by Crippen LogP contribution is -2.55. The molecule has 2 aliphatic rings. The monoisotopic (exact) mass is 478 g/mol. The molecule has 0 saturated carbocycles. The molecule has 7 nitrogen and oxygen atoms in total. The van der Waals surface area contributed by atoms with Crippen LogP contribution < -0.4 is 0 Å². The zero-order valence-electron chi connectivity index (χ0n) is 21.2. The van der Waals surface area contributed by atoms with E-state index in [-0.39, 0.29) is 5.91 Å². The fraction of sp³-hybridized carbons (Fsp3) is 0.500. The third kappa shape index (κ3) is 6.69. The Labute approximate surface area is 208 Å². The predicted molar refractivity (Wildman–Crippen MR) is 137 cm³/mol. The quantitative estimate of drug-likeness (QED) is 0.660. The maximum absolute atomic E-state index is 11.6. The summed E-state index contributed by atoms with van der Waals surface area (Å²) in [7, 11) is 0. The van der Waals surface area contributed by atoms with Crippen molar-refractivity contribution in [2.24, 2.45) is 0 Å². The molecular weight excluding hydrogens is 440 g/mol. The number of rotatable bonds is 7. The second-order valence-corrected chi connectivity index (χ2v) is 10.2. The first-order chi connectivity index (χ1) is 16.8. The Morgan fingerprint density at radius 1 is 0.800 bits per heavy atom. The molecule has 2 saturated heterocycles. The van der Waals surface area contributed by atoms with E-state index in [4.69, 9.17) is 5.11 Å². The average Bonchev–Trinajstić information content (AvgIpc) is 2.82. The first-order valence-electron chi connectivity index (χ1n) is 12.6. The summed E-state index contributed by atoms with van der Waals surface area (Å²) in [5, 5.41) is 9.11. The van der Waals surface area contributed by atoms with E-state index in [9.17, 15) is 9.59 Å². The van der Waals surface area contributed by atoms with Gasteiger partial charge in [-0.3, -0.25) is 19.5 Å². The second-order valence-electron chi connectivity index (χ2n) is 10.2. The Kier molecular flexibility index (Phi) is 8.21. The fourth-order valence-corrected chi connectivity index (χ4v) is 5.43. The summed E-state index contributed by atoms with van der Waals surface area (Å²) in [6, 6.07) is 17.0. The Bertz CT molecular complexity index is 1010. The molecule has 1 amide bonds. The van der Waals surface area contributed by atoms with Crippen LogP contribution in [-0.2, 0) is 24.4 Å². The molecule has 188 valence electrons.